The van der Waals surface area contributed by atoms with Crippen molar-refractivity contribution in [2.75, 3.05) is 0 Å². The van der Waals surface area contributed by atoms with Gasteiger partial charge in [0, 0.05) is 5.39 Å². The number of furan rings is 1. The van der Waals surface area contributed by atoms with Gasteiger partial charge in [0.25, 0.3) is 0 Å². The van der Waals surface area contributed by atoms with E-state index in [1.165, 1.54) is 19.3 Å². The normalized spacial score (nSPS) is 11.6. The van der Waals surface area contributed by atoms with E-state index in [4.69, 9.17) is 19.4 Å². The number of hydrogen-bond donors (Lipinski definition) is 0. The van der Waals surface area contributed by atoms with Gasteiger partial charge in [-0.1, -0.05) is 18.2 Å². The maximum absolute atomic E-state index is 6.04. The third-order valence-corrected chi connectivity index (χ3v) is 10.7. The maximum atomic E-state index is 6.04. The number of hydrogen-bond acceptors (Lipinski definition) is 4. The van der Waals surface area contributed by atoms with E-state index < -0.39 is 0 Å². The summed E-state index contributed by atoms with van der Waals surface area (Å²) < 4.78 is 8.77. The van der Waals surface area contributed by atoms with Gasteiger partial charge >= 0.3 is 215 Å². The van der Waals surface area contributed by atoms with Gasteiger partial charge in [0.15, 0.2) is 0 Å². The van der Waals surface area contributed by atoms with Crippen molar-refractivity contribution >= 4 is 55.7 Å². The standard InChI is InChI=1S/C39H23N3OSe/c1-2-9-25(10-3-1)37-40-38(42-39(41-37)31-14-8-13-30-29-12-5-7-16-35(29)44-36(30)31)26-19-17-24(18-20-26)27-21-22-34-32(23-27)28-11-4-6-15-33(28)43-34/h1-23H. The number of fused-ring (bicyclic) bond motifs is 6. The van der Waals surface area contributed by atoms with Crippen LogP contribution >= 0.6 is 0 Å². The van der Waals surface area contributed by atoms with Crippen LogP contribution in [0.3, 0.4) is 0 Å². The molecule has 0 saturated carbocycles. The van der Waals surface area contributed by atoms with Crippen molar-refractivity contribution in [3.05, 3.63) is 140 Å². The zero-order valence-corrected chi connectivity index (χ0v) is 25.2. The minimum atomic E-state index is 0.186. The number of nitrogens with zero attached hydrogens (tertiary/aromatic N) is 3. The first-order valence-corrected chi connectivity index (χ1v) is 16.2. The van der Waals surface area contributed by atoms with Crippen molar-refractivity contribution in [3.8, 4) is 45.3 Å². The van der Waals surface area contributed by atoms with Gasteiger partial charge in [-0.05, 0) is 6.07 Å². The first-order chi connectivity index (χ1) is 21.8. The molecule has 0 N–H and O–H groups in total. The molecule has 0 atom stereocenters. The van der Waals surface area contributed by atoms with Crippen molar-refractivity contribution in [1.29, 1.82) is 0 Å². The van der Waals surface area contributed by atoms with E-state index in [1.54, 1.807) is 0 Å². The van der Waals surface area contributed by atoms with Gasteiger partial charge in [0.05, 0.1) is 0 Å². The van der Waals surface area contributed by atoms with E-state index in [0.29, 0.717) is 17.5 Å². The molecule has 3 heterocycles. The summed E-state index contributed by atoms with van der Waals surface area (Å²) in [5.41, 5.74) is 7.07. The number of aromatic nitrogens is 3. The Hall–Kier alpha value is -5.35. The number of benzene rings is 6. The Balaban J connectivity index is 1.17. The first-order valence-electron chi connectivity index (χ1n) is 14.5. The van der Waals surface area contributed by atoms with Gasteiger partial charge in [-0.15, -0.1) is 0 Å². The molecule has 0 fully saturated rings. The van der Waals surface area contributed by atoms with E-state index in [1.807, 2.05) is 30.3 Å². The summed E-state index contributed by atoms with van der Waals surface area (Å²) in [6, 6.07) is 48.4. The average molecular weight is 629 g/mol. The van der Waals surface area contributed by atoms with Gasteiger partial charge in [-0.25, -0.2) is 0 Å². The topological polar surface area (TPSA) is 51.8 Å². The van der Waals surface area contributed by atoms with E-state index in [0.717, 1.165) is 49.8 Å². The van der Waals surface area contributed by atoms with Gasteiger partial charge in [-0.3, -0.25) is 0 Å². The zero-order chi connectivity index (χ0) is 29.0. The predicted molar refractivity (Wildman–Crippen MR) is 181 cm³/mol. The molecule has 4 nitrogen and oxygen atoms in total. The molecule has 6 aromatic carbocycles. The summed E-state index contributed by atoms with van der Waals surface area (Å²) in [5, 5.41) is 4.85. The van der Waals surface area contributed by atoms with Gasteiger partial charge in [0.1, 0.15) is 11.2 Å². The van der Waals surface area contributed by atoms with Crippen LogP contribution in [0.1, 0.15) is 0 Å². The summed E-state index contributed by atoms with van der Waals surface area (Å²) in [4.78, 5) is 15.1. The van der Waals surface area contributed by atoms with E-state index in [9.17, 15) is 0 Å². The van der Waals surface area contributed by atoms with Crippen LogP contribution in [-0.2, 0) is 0 Å². The predicted octanol–water partition coefficient (Wildman–Crippen LogP) is 9.80. The molecule has 3 aromatic heterocycles. The fourth-order valence-corrected chi connectivity index (χ4v) is 8.52. The van der Waals surface area contributed by atoms with Crippen molar-refractivity contribution in [2.45, 2.75) is 0 Å². The summed E-state index contributed by atoms with van der Waals surface area (Å²) >= 11 is 0.186. The summed E-state index contributed by atoms with van der Waals surface area (Å²) in [5.74, 6) is 2.05. The molecule has 5 heteroatoms. The van der Waals surface area contributed by atoms with Crippen molar-refractivity contribution in [3.63, 3.8) is 0 Å². The van der Waals surface area contributed by atoms with Gasteiger partial charge in [0.2, 0.25) is 0 Å². The fraction of sp³-hybridized carbons (Fsp3) is 0. The summed E-state index contributed by atoms with van der Waals surface area (Å²) in [6.45, 7) is 0. The molecule has 0 saturated heterocycles. The van der Waals surface area contributed by atoms with Crippen LogP contribution in [0.5, 0.6) is 0 Å². The second kappa shape index (κ2) is 10.1. The minimum absolute atomic E-state index is 0.186. The first kappa shape index (κ1) is 25.2. The Morgan fingerprint density at radius 2 is 1.02 bits per heavy atom. The molecule has 0 unspecified atom stereocenters. The molecule has 0 aliphatic heterocycles. The van der Waals surface area contributed by atoms with E-state index >= 15 is 0 Å². The van der Waals surface area contributed by atoms with Crippen LogP contribution in [-0.4, -0.2) is 29.5 Å². The Bertz CT molecular complexity index is 2490. The SMILES string of the molecule is c1ccc(-c2nc(-c3ccc(-c4ccc5oc6ccccc6c5c4)cc3)nc(-c3cccc4c3[se]c3ccccc34)n2)cc1. The Morgan fingerprint density at radius 3 is 1.86 bits per heavy atom. The Labute approximate surface area is 259 Å². The molecular weight excluding hydrogens is 605 g/mol. The summed E-state index contributed by atoms with van der Waals surface area (Å²) in [6.07, 6.45) is 0. The second-order valence-corrected chi connectivity index (χ2v) is 13.0. The molecule has 206 valence electrons. The quantitative estimate of drug-likeness (QED) is 0.182. The van der Waals surface area contributed by atoms with Crippen LogP contribution in [0.25, 0.3) is 86.5 Å². The van der Waals surface area contributed by atoms with Crippen LogP contribution in [0, 0.1) is 0 Å². The number of para-hydroxylation sites is 1. The number of rotatable bonds is 4. The molecule has 0 aliphatic carbocycles. The Morgan fingerprint density at radius 1 is 0.409 bits per heavy atom. The average Bonchev–Trinajstić information content (AvgIpc) is 3.67. The molecule has 0 radical (unpaired) electrons. The van der Waals surface area contributed by atoms with Gasteiger partial charge in [-0.2, -0.15) is 0 Å². The van der Waals surface area contributed by atoms with Gasteiger partial charge < -0.3 is 4.42 Å². The molecule has 9 aromatic rings. The molecular formula is C39H23N3OSe. The second-order valence-electron chi connectivity index (χ2n) is 10.8. The molecule has 0 bridgehead atoms. The van der Waals surface area contributed by atoms with Crippen molar-refractivity contribution < 1.29 is 4.42 Å². The third kappa shape index (κ3) is 4.17. The third-order valence-electron chi connectivity index (χ3n) is 8.17. The monoisotopic (exact) mass is 629 g/mol. The van der Waals surface area contributed by atoms with E-state index in [2.05, 4.69) is 109 Å². The molecule has 44 heavy (non-hydrogen) atoms. The molecule has 9 rings (SSSR count). The van der Waals surface area contributed by atoms with Crippen LogP contribution < -0.4 is 0 Å². The molecule has 0 amide bonds. The van der Waals surface area contributed by atoms with E-state index in [-0.39, 0.29) is 14.5 Å². The van der Waals surface area contributed by atoms with Crippen LogP contribution in [0.15, 0.2) is 144 Å². The van der Waals surface area contributed by atoms with Crippen LogP contribution in [0.2, 0.25) is 0 Å². The van der Waals surface area contributed by atoms with Crippen molar-refractivity contribution in [2.24, 2.45) is 0 Å². The Kier molecular flexibility index (Phi) is 5.80. The fourth-order valence-electron chi connectivity index (χ4n) is 5.98. The van der Waals surface area contributed by atoms with Crippen LogP contribution in [0.4, 0.5) is 0 Å². The summed E-state index contributed by atoms with van der Waals surface area (Å²) in [7, 11) is 0. The van der Waals surface area contributed by atoms with Crippen molar-refractivity contribution in [1.82, 2.24) is 15.0 Å². The molecule has 0 spiro atoms. The molecule has 0 aliphatic rings. The zero-order valence-electron chi connectivity index (χ0n) is 23.4.